The molecule has 1 heterocycles. The average Bonchev–Trinajstić information content (AvgIpc) is 2.65. The highest BCUT2D eigenvalue weighted by molar-refractivity contribution is 6.01. The highest BCUT2D eigenvalue weighted by Gasteiger charge is 2.32. The molecule has 130 valence electrons. The van der Waals surface area contributed by atoms with Crippen molar-refractivity contribution < 1.29 is 9.90 Å². The second-order valence-electron chi connectivity index (χ2n) is 6.61. The van der Waals surface area contributed by atoms with Crippen LogP contribution in [0, 0.1) is 6.92 Å². The minimum Gasteiger partial charge on any atom is -0.508 e. The van der Waals surface area contributed by atoms with Gasteiger partial charge < -0.3 is 15.3 Å². The minimum atomic E-state index is -0.342. The molecule has 1 atom stereocenters. The topological polar surface area (TPSA) is 52.6 Å². The maximum atomic E-state index is 13.2. The van der Waals surface area contributed by atoms with Gasteiger partial charge in [0.05, 0.1) is 5.56 Å². The fourth-order valence-corrected chi connectivity index (χ4v) is 3.30. The molecular weight excluding hydrogens is 324 g/mol. The maximum absolute atomic E-state index is 13.2. The summed E-state index contributed by atoms with van der Waals surface area (Å²) in [6.07, 6.45) is -0.342. The number of benzene rings is 3. The van der Waals surface area contributed by atoms with Crippen LogP contribution in [0.1, 0.15) is 33.2 Å². The molecule has 4 heteroatoms. The molecule has 26 heavy (non-hydrogen) atoms. The normalized spacial score (nSPS) is 16.1. The molecule has 0 aromatic heterocycles. The highest BCUT2D eigenvalue weighted by Crippen LogP contribution is 2.34. The van der Waals surface area contributed by atoms with Gasteiger partial charge in [0, 0.05) is 12.2 Å². The summed E-state index contributed by atoms with van der Waals surface area (Å²) in [4.78, 5) is 15.0. The molecule has 2 N–H and O–H groups in total. The summed E-state index contributed by atoms with van der Waals surface area (Å²) in [7, 11) is 0. The lowest BCUT2D eigenvalue weighted by Crippen LogP contribution is -2.42. The van der Waals surface area contributed by atoms with E-state index in [1.54, 1.807) is 18.2 Å². The van der Waals surface area contributed by atoms with Crippen molar-refractivity contribution in [3.05, 3.63) is 95.1 Å². The SMILES string of the molecule is Cc1ccc(CN2C(=O)c3ccccc3N[C@H]2c2cccc(O)c2)cc1. The zero-order valence-electron chi connectivity index (χ0n) is 14.5. The van der Waals surface area contributed by atoms with Crippen molar-refractivity contribution in [1.29, 1.82) is 0 Å². The van der Waals surface area contributed by atoms with Crippen LogP contribution in [0.15, 0.2) is 72.8 Å². The van der Waals surface area contributed by atoms with Crippen LogP contribution in [0.2, 0.25) is 0 Å². The molecule has 1 aliphatic heterocycles. The smallest absolute Gasteiger partial charge is 0.258 e. The predicted octanol–water partition coefficient (Wildman–Crippen LogP) is 4.47. The van der Waals surface area contributed by atoms with Crippen molar-refractivity contribution in [2.24, 2.45) is 0 Å². The fourth-order valence-electron chi connectivity index (χ4n) is 3.30. The summed E-state index contributed by atoms with van der Waals surface area (Å²) < 4.78 is 0. The monoisotopic (exact) mass is 344 g/mol. The van der Waals surface area contributed by atoms with E-state index in [-0.39, 0.29) is 17.8 Å². The molecule has 1 amide bonds. The Morgan fingerprint density at radius 2 is 1.77 bits per heavy atom. The van der Waals surface area contributed by atoms with Gasteiger partial charge in [-0.25, -0.2) is 0 Å². The van der Waals surface area contributed by atoms with Gasteiger partial charge >= 0.3 is 0 Å². The molecular formula is C22H20N2O2. The van der Waals surface area contributed by atoms with E-state index in [4.69, 9.17) is 0 Å². The summed E-state index contributed by atoms with van der Waals surface area (Å²) in [5, 5.41) is 13.3. The summed E-state index contributed by atoms with van der Waals surface area (Å²) in [5.41, 5.74) is 4.57. The minimum absolute atomic E-state index is 0.0201. The summed E-state index contributed by atoms with van der Waals surface area (Å²) >= 11 is 0. The lowest BCUT2D eigenvalue weighted by molar-refractivity contribution is 0.0666. The van der Waals surface area contributed by atoms with Crippen LogP contribution in [0.3, 0.4) is 0 Å². The van der Waals surface area contributed by atoms with Crippen molar-refractivity contribution in [3.63, 3.8) is 0 Å². The van der Waals surface area contributed by atoms with Crippen molar-refractivity contribution in [2.45, 2.75) is 19.6 Å². The standard InChI is InChI=1S/C22H20N2O2/c1-15-9-11-16(12-10-15)14-24-21(17-5-4-6-18(25)13-17)23-20-8-3-2-7-19(20)22(24)26/h2-13,21,23,25H,14H2,1H3/t21-/m1/s1. The Hall–Kier alpha value is -3.27. The number of phenolic OH excluding ortho intramolecular Hbond substituents is 1. The first-order valence-corrected chi connectivity index (χ1v) is 8.63. The van der Waals surface area contributed by atoms with Gasteiger partial charge in [-0.1, -0.05) is 54.1 Å². The number of aryl methyl sites for hydroxylation is 1. The number of carbonyl (C=O) groups excluding carboxylic acids is 1. The number of amides is 1. The van der Waals surface area contributed by atoms with Crippen LogP contribution in [-0.2, 0) is 6.54 Å². The van der Waals surface area contributed by atoms with E-state index >= 15 is 0 Å². The van der Waals surface area contributed by atoms with Crippen LogP contribution < -0.4 is 5.32 Å². The number of aromatic hydroxyl groups is 1. The Balaban J connectivity index is 1.75. The molecule has 0 saturated heterocycles. The molecule has 0 aliphatic carbocycles. The number of rotatable bonds is 3. The third kappa shape index (κ3) is 3.02. The Kier molecular flexibility index (Phi) is 4.09. The van der Waals surface area contributed by atoms with Crippen LogP contribution >= 0.6 is 0 Å². The van der Waals surface area contributed by atoms with Crippen LogP contribution in [-0.4, -0.2) is 15.9 Å². The summed E-state index contributed by atoms with van der Waals surface area (Å²) in [5.74, 6) is 0.166. The van der Waals surface area contributed by atoms with Gasteiger partial charge in [-0.2, -0.15) is 0 Å². The molecule has 0 spiro atoms. The molecule has 0 fully saturated rings. The molecule has 0 bridgehead atoms. The quantitative estimate of drug-likeness (QED) is 0.737. The van der Waals surface area contributed by atoms with Gasteiger partial charge in [0.1, 0.15) is 11.9 Å². The van der Waals surface area contributed by atoms with Crippen molar-refractivity contribution in [2.75, 3.05) is 5.32 Å². The number of hydrogen-bond acceptors (Lipinski definition) is 3. The van der Waals surface area contributed by atoms with E-state index in [0.29, 0.717) is 12.1 Å². The highest BCUT2D eigenvalue weighted by atomic mass is 16.3. The molecule has 1 aliphatic rings. The number of phenols is 1. The second kappa shape index (κ2) is 6.56. The first kappa shape index (κ1) is 16.2. The summed E-state index contributed by atoms with van der Waals surface area (Å²) in [6.45, 7) is 2.53. The first-order valence-electron chi connectivity index (χ1n) is 8.63. The van der Waals surface area contributed by atoms with Gasteiger partial charge in [-0.15, -0.1) is 0 Å². The molecule has 4 rings (SSSR count). The van der Waals surface area contributed by atoms with Crippen LogP contribution in [0.5, 0.6) is 5.75 Å². The van der Waals surface area contributed by atoms with E-state index in [1.165, 1.54) is 5.56 Å². The van der Waals surface area contributed by atoms with E-state index in [1.807, 2.05) is 54.3 Å². The molecule has 4 nitrogen and oxygen atoms in total. The Morgan fingerprint density at radius 1 is 1.00 bits per heavy atom. The zero-order valence-corrected chi connectivity index (χ0v) is 14.5. The lowest BCUT2D eigenvalue weighted by atomic mass is 10.0. The molecule has 0 radical (unpaired) electrons. The number of fused-ring (bicyclic) bond motifs is 1. The summed E-state index contributed by atoms with van der Waals surface area (Å²) in [6, 6.07) is 22.8. The van der Waals surface area contributed by atoms with E-state index in [2.05, 4.69) is 17.4 Å². The third-order valence-corrected chi connectivity index (χ3v) is 4.68. The number of nitrogens with one attached hydrogen (secondary N) is 1. The van der Waals surface area contributed by atoms with Crippen molar-refractivity contribution >= 4 is 11.6 Å². The van der Waals surface area contributed by atoms with Gasteiger partial charge in [0.25, 0.3) is 5.91 Å². The van der Waals surface area contributed by atoms with Gasteiger partial charge in [-0.3, -0.25) is 4.79 Å². The lowest BCUT2D eigenvalue weighted by Gasteiger charge is -2.38. The number of carbonyl (C=O) groups is 1. The van der Waals surface area contributed by atoms with E-state index < -0.39 is 0 Å². The second-order valence-corrected chi connectivity index (χ2v) is 6.61. The maximum Gasteiger partial charge on any atom is 0.258 e. The van der Waals surface area contributed by atoms with Crippen LogP contribution in [0.25, 0.3) is 0 Å². The molecule has 3 aromatic carbocycles. The molecule has 0 unspecified atom stereocenters. The average molecular weight is 344 g/mol. The number of nitrogens with zero attached hydrogens (tertiary/aromatic N) is 1. The largest absolute Gasteiger partial charge is 0.508 e. The molecule has 3 aromatic rings. The number of anilines is 1. The zero-order chi connectivity index (χ0) is 18.1. The van der Waals surface area contributed by atoms with Gasteiger partial charge in [0.2, 0.25) is 0 Å². The van der Waals surface area contributed by atoms with Crippen molar-refractivity contribution in [1.82, 2.24) is 4.90 Å². The Labute approximate surface area is 152 Å². The predicted molar refractivity (Wildman–Crippen MR) is 102 cm³/mol. The number of para-hydroxylation sites is 1. The van der Waals surface area contributed by atoms with E-state index in [9.17, 15) is 9.90 Å². The molecule has 0 saturated carbocycles. The third-order valence-electron chi connectivity index (χ3n) is 4.68. The fraction of sp³-hybridized carbons (Fsp3) is 0.136. The van der Waals surface area contributed by atoms with Crippen LogP contribution in [0.4, 0.5) is 5.69 Å². The number of hydrogen-bond donors (Lipinski definition) is 2. The Morgan fingerprint density at radius 3 is 2.54 bits per heavy atom. The van der Waals surface area contributed by atoms with E-state index in [0.717, 1.165) is 16.8 Å². The van der Waals surface area contributed by atoms with Crippen molar-refractivity contribution in [3.8, 4) is 5.75 Å². The van der Waals surface area contributed by atoms with Gasteiger partial charge in [-0.05, 0) is 42.3 Å². The first-order chi connectivity index (χ1) is 12.6. The van der Waals surface area contributed by atoms with Gasteiger partial charge in [0.15, 0.2) is 0 Å². The Bertz CT molecular complexity index is 950.